The Bertz CT molecular complexity index is 310. The Morgan fingerprint density at radius 1 is 1.29 bits per heavy atom. The van der Waals surface area contributed by atoms with Crippen molar-refractivity contribution in [2.75, 3.05) is 0 Å². The van der Waals surface area contributed by atoms with E-state index in [-0.39, 0.29) is 0 Å². The van der Waals surface area contributed by atoms with Crippen molar-refractivity contribution in [2.45, 2.75) is 39.5 Å². The summed E-state index contributed by atoms with van der Waals surface area (Å²) >= 11 is 0. The van der Waals surface area contributed by atoms with Gasteiger partial charge < -0.3 is 0 Å². The van der Waals surface area contributed by atoms with E-state index in [1.165, 1.54) is 24.8 Å². The molecule has 92 valence electrons. The molecule has 0 fully saturated rings. The van der Waals surface area contributed by atoms with Crippen LogP contribution in [-0.4, -0.2) is 0 Å². The highest BCUT2D eigenvalue weighted by Crippen LogP contribution is 2.24. The summed E-state index contributed by atoms with van der Waals surface area (Å²) < 4.78 is 0. The number of hydrogen-bond acceptors (Lipinski definition) is 0. The molecule has 17 heavy (non-hydrogen) atoms. The molecular formula is C17H24. The van der Waals surface area contributed by atoms with Crippen molar-refractivity contribution < 1.29 is 0 Å². The average Bonchev–Trinajstić information content (AvgIpc) is 2.42. The van der Waals surface area contributed by atoms with Crippen LogP contribution in [0.2, 0.25) is 0 Å². The van der Waals surface area contributed by atoms with Gasteiger partial charge in [0.25, 0.3) is 0 Å². The van der Waals surface area contributed by atoms with Crippen molar-refractivity contribution in [1.29, 1.82) is 0 Å². The molecule has 1 aliphatic carbocycles. The molecule has 0 saturated carbocycles. The molecule has 1 aliphatic rings. The van der Waals surface area contributed by atoms with Crippen molar-refractivity contribution in [2.24, 2.45) is 5.92 Å². The molecule has 0 bridgehead atoms. The first-order valence-corrected chi connectivity index (χ1v) is 6.36. The van der Waals surface area contributed by atoms with E-state index in [9.17, 15) is 0 Å². The molecule has 0 saturated heterocycles. The highest BCUT2D eigenvalue weighted by Gasteiger charge is 2.09. The summed E-state index contributed by atoms with van der Waals surface area (Å²) in [4.78, 5) is 0. The predicted molar refractivity (Wildman–Crippen MR) is 78.7 cm³/mol. The van der Waals surface area contributed by atoms with E-state index >= 15 is 0 Å². The zero-order valence-corrected chi connectivity index (χ0v) is 11.1. The number of hydrogen-bond donors (Lipinski definition) is 0. The molecule has 1 rings (SSSR count). The first-order valence-electron chi connectivity index (χ1n) is 6.36. The van der Waals surface area contributed by atoms with Gasteiger partial charge in [0.2, 0.25) is 0 Å². The lowest BCUT2D eigenvalue weighted by Crippen LogP contribution is -2.01. The second-order valence-electron chi connectivity index (χ2n) is 3.98. The van der Waals surface area contributed by atoms with E-state index in [0.717, 1.165) is 6.42 Å². The largest absolute Gasteiger partial charge is 0.124 e. The molecule has 0 spiro atoms. The van der Waals surface area contributed by atoms with Gasteiger partial charge in [-0.25, -0.2) is 0 Å². The van der Waals surface area contributed by atoms with Crippen molar-refractivity contribution >= 4 is 0 Å². The zero-order chi connectivity index (χ0) is 12.9. The molecule has 0 nitrogen and oxygen atoms in total. The van der Waals surface area contributed by atoms with E-state index in [0.29, 0.717) is 5.92 Å². The van der Waals surface area contributed by atoms with Gasteiger partial charge in [0.15, 0.2) is 0 Å². The van der Waals surface area contributed by atoms with Crippen LogP contribution >= 0.6 is 0 Å². The van der Waals surface area contributed by atoms with Gasteiger partial charge in [-0.3, -0.25) is 0 Å². The van der Waals surface area contributed by atoms with Crippen LogP contribution in [0.25, 0.3) is 0 Å². The average molecular weight is 228 g/mol. The Kier molecular flexibility index (Phi) is 10.1. The fourth-order valence-corrected chi connectivity index (χ4v) is 1.91. The third kappa shape index (κ3) is 6.64. The summed E-state index contributed by atoms with van der Waals surface area (Å²) in [6.45, 7) is 4.32. The van der Waals surface area contributed by atoms with Crippen LogP contribution in [0.5, 0.6) is 0 Å². The minimum Gasteiger partial charge on any atom is -0.124 e. The Morgan fingerprint density at radius 3 is 2.59 bits per heavy atom. The van der Waals surface area contributed by atoms with Gasteiger partial charge in [-0.2, -0.15) is 0 Å². The van der Waals surface area contributed by atoms with E-state index < -0.39 is 0 Å². The van der Waals surface area contributed by atoms with Gasteiger partial charge in [-0.1, -0.05) is 49.5 Å². The van der Waals surface area contributed by atoms with Gasteiger partial charge in [-0.05, 0) is 44.1 Å². The van der Waals surface area contributed by atoms with E-state index in [1.54, 1.807) is 0 Å². The molecule has 0 N–H and O–H groups in total. The molecule has 0 aliphatic heterocycles. The van der Waals surface area contributed by atoms with Gasteiger partial charge in [0.05, 0.1) is 0 Å². The lowest BCUT2D eigenvalue weighted by Gasteiger charge is -2.16. The summed E-state index contributed by atoms with van der Waals surface area (Å²) in [5, 5.41) is 0. The Morgan fingerprint density at radius 2 is 2.06 bits per heavy atom. The molecule has 0 aromatic rings. The quantitative estimate of drug-likeness (QED) is 0.455. The predicted octanol–water partition coefficient (Wildman–Crippen LogP) is 5.06. The van der Waals surface area contributed by atoms with Crippen molar-refractivity contribution in [3.8, 4) is 12.8 Å². The maximum atomic E-state index is 4.00. The van der Waals surface area contributed by atoms with Crippen LogP contribution in [0.15, 0.2) is 48.1 Å². The van der Waals surface area contributed by atoms with Crippen LogP contribution in [0.3, 0.4) is 0 Å². The van der Waals surface area contributed by atoms with Crippen molar-refractivity contribution in [3.63, 3.8) is 0 Å². The van der Waals surface area contributed by atoms with E-state index in [4.69, 9.17) is 0 Å². The smallest absolute Gasteiger partial charge is 0.0133 e. The third-order valence-corrected chi connectivity index (χ3v) is 2.85. The summed E-state index contributed by atoms with van der Waals surface area (Å²) in [5.41, 5.74) is 1.54. The van der Waals surface area contributed by atoms with Crippen molar-refractivity contribution in [3.05, 3.63) is 48.1 Å². The number of allylic oxidation sites excluding steroid dienone is 8. The minimum absolute atomic E-state index is 0.711. The lowest BCUT2D eigenvalue weighted by atomic mass is 9.89. The van der Waals surface area contributed by atoms with Crippen LogP contribution in [0, 0.1) is 18.8 Å². The second-order valence-corrected chi connectivity index (χ2v) is 3.98. The summed E-state index contributed by atoms with van der Waals surface area (Å²) in [6, 6.07) is 0. The molecule has 0 heteroatoms. The molecule has 0 heterocycles. The normalized spacial score (nSPS) is 16.6. The summed E-state index contributed by atoms with van der Waals surface area (Å²) in [7, 11) is 0. The highest BCUT2D eigenvalue weighted by molar-refractivity contribution is 5.25. The van der Waals surface area contributed by atoms with Crippen LogP contribution in [0.4, 0.5) is 0 Å². The molecule has 1 unspecified atom stereocenters. The van der Waals surface area contributed by atoms with Gasteiger partial charge in [0.1, 0.15) is 0 Å². The first kappa shape index (κ1) is 15.5. The fraction of sp³-hybridized carbons (Fsp3) is 0.412. The fourth-order valence-electron chi connectivity index (χ4n) is 1.91. The molecule has 0 amide bonds. The molecule has 0 radical (unpaired) electrons. The Hall–Kier alpha value is -1.48. The van der Waals surface area contributed by atoms with Crippen molar-refractivity contribution in [1.82, 2.24) is 0 Å². The maximum Gasteiger partial charge on any atom is -0.0133 e. The second kappa shape index (κ2) is 11.0. The summed E-state index contributed by atoms with van der Waals surface area (Å²) in [6.07, 6.45) is 28.4. The van der Waals surface area contributed by atoms with E-state index in [2.05, 4.69) is 62.3 Å². The number of terminal acetylenes is 1. The highest BCUT2D eigenvalue weighted by atomic mass is 14.1. The SMILES string of the molecule is C#C.C/C=C\C=C/CC(CC)C1=CCCC=C1. The standard InChI is InChI=1S/C15H22.C2H2/c1-3-5-6-8-11-14(4-2)15-12-9-7-10-13-15;1-2/h3,5-6,8-9,12-14H,4,7,10-11H2,1-2H3;1-2H/b5-3-,8-6-;. The monoisotopic (exact) mass is 228 g/mol. The summed E-state index contributed by atoms with van der Waals surface area (Å²) in [5.74, 6) is 0.711. The molecule has 0 aromatic heterocycles. The minimum atomic E-state index is 0.711. The topological polar surface area (TPSA) is 0 Å². The van der Waals surface area contributed by atoms with E-state index in [1.807, 2.05) is 6.92 Å². The van der Waals surface area contributed by atoms with Gasteiger partial charge in [0, 0.05) is 0 Å². The first-order chi connectivity index (χ1) is 8.38. The third-order valence-electron chi connectivity index (χ3n) is 2.85. The maximum absolute atomic E-state index is 4.00. The molecular weight excluding hydrogens is 204 g/mol. The zero-order valence-electron chi connectivity index (χ0n) is 11.1. The van der Waals surface area contributed by atoms with Crippen LogP contribution in [0.1, 0.15) is 39.5 Å². The Balaban J connectivity index is 0.00000121. The molecule has 0 aromatic carbocycles. The number of rotatable bonds is 5. The Labute approximate surface area is 107 Å². The van der Waals surface area contributed by atoms with Crippen LogP contribution in [-0.2, 0) is 0 Å². The molecule has 1 atom stereocenters. The van der Waals surface area contributed by atoms with Crippen LogP contribution < -0.4 is 0 Å². The van der Waals surface area contributed by atoms with Gasteiger partial charge >= 0.3 is 0 Å². The lowest BCUT2D eigenvalue weighted by molar-refractivity contribution is 0.607. The van der Waals surface area contributed by atoms with Gasteiger partial charge in [-0.15, -0.1) is 12.8 Å².